The second kappa shape index (κ2) is 3.93. The molecule has 4 heteroatoms. The first-order valence-corrected chi connectivity index (χ1v) is 5.04. The Balaban J connectivity index is 3.70. The topological polar surface area (TPSA) is 46.2 Å². The van der Waals surface area contributed by atoms with Crippen LogP contribution in [0.5, 0.6) is 0 Å². The van der Waals surface area contributed by atoms with Crippen molar-refractivity contribution in [3.63, 3.8) is 0 Å². The Morgan fingerprint density at radius 3 is 2.20 bits per heavy atom. The summed E-state index contributed by atoms with van der Waals surface area (Å²) in [5.74, 6) is 0.685. The van der Waals surface area contributed by atoms with Crippen LogP contribution in [0.3, 0.4) is 0 Å². The van der Waals surface area contributed by atoms with Crippen LogP contribution < -0.4 is 4.72 Å². The van der Waals surface area contributed by atoms with Crippen molar-refractivity contribution in [2.24, 2.45) is 5.92 Å². The van der Waals surface area contributed by atoms with Gasteiger partial charge in [0.15, 0.2) is 0 Å². The Morgan fingerprint density at radius 2 is 1.90 bits per heavy atom. The molecule has 0 bridgehead atoms. The molecule has 0 aliphatic rings. The molecule has 0 radical (unpaired) electrons. The quantitative estimate of drug-likeness (QED) is 0.662. The Hall–Kier alpha value is -0.0900. The van der Waals surface area contributed by atoms with Crippen molar-refractivity contribution in [1.82, 2.24) is 4.72 Å². The van der Waals surface area contributed by atoms with Gasteiger partial charge in [-0.2, -0.15) is 0 Å². The lowest BCUT2D eigenvalue weighted by molar-refractivity contribution is 0.567. The summed E-state index contributed by atoms with van der Waals surface area (Å²) >= 11 is 0. The average molecular weight is 165 g/mol. The van der Waals surface area contributed by atoms with E-state index in [1.807, 2.05) is 13.8 Å². The summed E-state index contributed by atoms with van der Waals surface area (Å²) in [6.07, 6.45) is 0.725. The molecule has 0 aromatic carbocycles. The van der Waals surface area contributed by atoms with E-state index in [4.69, 9.17) is 0 Å². The molecule has 0 aliphatic heterocycles. The highest BCUT2D eigenvalue weighted by Gasteiger charge is 2.06. The van der Waals surface area contributed by atoms with Gasteiger partial charge in [0.25, 0.3) is 0 Å². The van der Waals surface area contributed by atoms with Crippen molar-refractivity contribution < 1.29 is 8.42 Å². The second-order valence-corrected chi connectivity index (χ2v) is 4.75. The molecule has 0 saturated carbocycles. The fourth-order valence-electron chi connectivity index (χ4n) is 0.493. The van der Waals surface area contributed by atoms with Gasteiger partial charge >= 0.3 is 0 Å². The summed E-state index contributed by atoms with van der Waals surface area (Å²) in [7, 11) is -1.52. The van der Waals surface area contributed by atoms with Crippen LogP contribution in [0, 0.1) is 5.92 Å². The van der Waals surface area contributed by atoms with Crippen molar-refractivity contribution in [2.75, 3.05) is 12.8 Å². The van der Waals surface area contributed by atoms with Crippen LogP contribution >= 0.6 is 0 Å². The first kappa shape index (κ1) is 9.91. The minimum Gasteiger partial charge on any atom is -0.218 e. The Bertz CT molecular complexity index is 172. The molecule has 3 nitrogen and oxygen atoms in total. The zero-order valence-electron chi connectivity index (χ0n) is 6.72. The molecule has 0 aliphatic carbocycles. The monoisotopic (exact) mass is 165 g/mol. The number of hydrogen-bond donors (Lipinski definition) is 1. The molecule has 0 saturated heterocycles. The third-order valence-corrected chi connectivity index (χ3v) is 2.67. The van der Waals surface area contributed by atoms with Gasteiger partial charge in [0.2, 0.25) is 10.0 Å². The van der Waals surface area contributed by atoms with Gasteiger partial charge in [-0.05, 0) is 19.4 Å². The highest BCUT2D eigenvalue weighted by atomic mass is 32.2. The molecular formula is C6H15NO2S. The van der Waals surface area contributed by atoms with Gasteiger partial charge in [0.05, 0.1) is 5.75 Å². The standard InChI is InChI=1S/C6H15NO2S/c1-6(2)4-5-10(8,9)7-3/h6-7H,4-5H2,1-3H3. The van der Waals surface area contributed by atoms with E-state index in [-0.39, 0.29) is 5.75 Å². The van der Waals surface area contributed by atoms with E-state index in [9.17, 15) is 8.42 Å². The average Bonchev–Trinajstić information content (AvgIpc) is 1.85. The maximum atomic E-state index is 10.8. The van der Waals surface area contributed by atoms with Crippen molar-refractivity contribution >= 4 is 10.0 Å². The van der Waals surface area contributed by atoms with Gasteiger partial charge in [-0.3, -0.25) is 0 Å². The maximum Gasteiger partial charge on any atom is 0.211 e. The molecule has 0 fully saturated rings. The fraction of sp³-hybridized carbons (Fsp3) is 1.00. The van der Waals surface area contributed by atoms with Gasteiger partial charge in [-0.25, -0.2) is 13.1 Å². The predicted molar refractivity (Wildman–Crippen MR) is 42.3 cm³/mol. The van der Waals surface area contributed by atoms with E-state index in [1.54, 1.807) is 0 Å². The molecule has 0 rings (SSSR count). The summed E-state index contributed by atoms with van der Waals surface area (Å²) in [5.41, 5.74) is 0. The zero-order chi connectivity index (χ0) is 8.20. The Morgan fingerprint density at radius 1 is 1.40 bits per heavy atom. The SMILES string of the molecule is CNS(=O)(=O)CCC(C)C. The molecule has 0 aromatic rings. The molecule has 1 N–H and O–H groups in total. The molecular weight excluding hydrogens is 150 g/mol. The number of hydrogen-bond acceptors (Lipinski definition) is 2. The largest absolute Gasteiger partial charge is 0.218 e. The van der Waals surface area contributed by atoms with Crippen LogP contribution in [0.2, 0.25) is 0 Å². The van der Waals surface area contributed by atoms with E-state index in [2.05, 4.69) is 4.72 Å². The molecule has 0 atom stereocenters. The third kappa shape index (κ3) is 4.76. The van der Waals surface area contributed by atoms with E-state index >= 15 is 0 Å². The highest BCUT2D eigenvalue weighted by Crippen LogP contribution is 2.00. The fourth-order valence-corrected chi connectivity index (χ4v) is 1.48. The van der Waals surface area contributed by atoms with Gasteiger partial charge in [-0.15, -0.1) is 0 Å². The van der Waals surface area contributed by atoms with Crippen LogP contribution in [0.15, 0.2) is 0 Å². The van der Waals surface area contributed by atoms with Crippen LogP contribution in [-0.2, 0) is 10.0 Å². The van der Waals surface area contributed by atoms with Crippen LogP contribution in [-0.4, -0.2) is 21.2 Å². The lowest BCUT2D eigenvalue weighted by Crippen LogP contribution is -2.22. The van der Waals surface area contributed by atoms with Crippen molar-refractivity contribution in [1.29, 1.82) is 0 Å². The number of nitrogens with one attached hydrogen (secondary N) is 1. The summed E-state index contributed by atoms with van der Waals surface area (Å²) < 4.78 is 23.9. The van der Waals surface area contributed by atoms with E-state index in [0.29, 0.717) is 5.92 Å². The van der Waals surface area contributed by atoms with E-state index < -0.39 is 10.0 Å². The predicted octanol–water partition coefficient (Wildman–Crippen LogP) is 0.582. The number of sulfonamides is 1. The zero-order valence-corrected chi connectivity index (χ0v) is 7.53. The molecule has 0 aromatic heterocycles. The third-order valence-electron chi connectivity index (χ3n) is 1.27. The van der Waals surface area contributed by atoms with Gasteiger partial charge < -0.3 is 0 Å². The first-order chi connectivity index (χ1) is 4.48. The number of rotatable bonds is 4. The van der Waals surface area contributed by atoms with Gasteiger partial charge in [0, 0.05) is 0 Å². The molecule has 0 spiro atoms. The van der Waals surface area contributed by atoms with E-state index in [1.165, 1.54) is 7.05 Å². The summed E-state index contributed by atoms with van der Waals surface area (Å²) in [6, 6.07) is 0. The second-order valence-electron chi connectivity index (χ2n) is 2.71. The summed E-state index contributed by atoms with van der Waals surface area (Å²) in [5, 5.41) is 0. The Kier molecular flexibility index (Phi) is 3.89. The molecule has 0 amide bonds. The van der Waals surface area contributed by atoms with E-state index in [0.717, 1.165) is 6.42 Å². The minimum atomic E-state index is -2.96. The normalized spacial score (nSPS) is 12.4. The lowest BCUT2D eigenvalue weighted by atomic mass is 10.2. The highest BCUT2D eigenvalue weighted by molar-refractivity contribution is 7.89. The summed E-state index contributed by atoms with van der Waals surface area (Å²) in [4.78, 5) is 0. The van der Waals surface area contributed by atoms with Crippen LogP contribution in [0.1, 0.15) is 20.3 Å². The smallest absolute Gasteiger partial charge is 0.211 e. The molecule has 10 heavy (non-hydrogen) atoms. The van der Waals surface area contributed by atoms with Crippen molar-refractivity contribution in [2.45, 2.75) is 20.3 Å². The first-order valence-electron chi connectivity index (χ1n) is 3.39. The van der Waals surface area contributed by atoms with Crippen LogP contribution in [0.4, 0.5) is 0 Å². The molecule has 62 valence electrons. The maximum absolute atomic E-state index is 10.8. The van der Waals surface area contributed by atoms with Crippen LogP contribution in [0.25, 0.3) is 0 Å². The minimum absolute atomic E-state index is 0.237. The van der Waals surface area contributed by atoms with Gasteiger partial charge in [0.1, 0.15) is 0 Å². The Labute approximate surface area is 62.9 Å². The summed E-state index contributed by atoms with van der Waals surface area (Å²) in [6.45, 7) is 4.01. The lowest BCUT2D eigenvalue weighted by Gasteiger charge is -2.03. The van der Waals surface area contributed by atoms with Gasteiger partial charge in [-0.1, -0.05) is 13.8 Å². The van der Waals surface area contributed by atoms with Crippen molar-refractivity contribution in [3.05, 3.63) is 0 Å². The van der Waals surface area contributed by atoms with Crippen molar-refractivity contribution in [3.8, 4) is 0 Å². The molecule has 0 heterocycles. The molecule has 0 unspecified atom stereocenters.